The highest BCUT2D eigenvalue weighted by molar-refractivity contribution is 5.47. The lowest BCUT2D eigenvalue weighted by Gasteiger charge is -2.11. The Balaban J connectivity index is 3.29. The number of nitrogens with two attached hydrogens (primary N) is 1. The van der Waals surface area contributed by atoms with E-state index in [0.29, 0.717) is 5.56 Å². The molecule has 76 valence electrons. The monoisotopic (exact) mass is 196 g/mol. The van der Waals surface area contributed by atoms with Crippen molar-refractivity contribution in [2.24, 2.45) is 5.73 Å². The molecule has 1 atom stereocenters. The molecule has 5 heteroatoms. The highest BCUT2D eigenvalue weighted by Gasteiger charge is 2.20. The van der Waals surface area contributed by atoms with Gasteiger partial charge < -0.3 is 10.8 Å². The SMILES string of the molecule is Cc1cccc([N+](=O)[O-])c1C(N)CO. The number of aliphatic hydroxyl groups excluding tert-OH is 1. The smallest absolute Gasteiger partial charge is 0.274 e. The largest absolute Gasteiger partial charge is 0.394 e. The van der Waals surface area contributed by atoms with Crippen LogP contribution in [0.5, 0.6) is 0 Å². The third-order valence-electron chi connectivity index (χ3n) is 2.07. The molecule has 0 aliphatic heterocycles. The summed E-state index contributed by atoms with van der Waals surface area (Å²) in [6.45, 7) is 1.43. The molecule has 0 aliphatic carbocycles. The first-order valence-corrected chi connectivity index (χ1v) is 4.18. The Morgan fingerprint density at radius 1 is 1.64 bits per heavy atom. The number of nitro benzene ring substituents is 1. The molecule has 0 saturated heterocycles. The third-order valence-corrected chi connectivity index (χ3v) is 2.07. The van der Waals surface area contributed by atoms with Gasteiger partial charge in [-0.15, -0.1) is 0 Å². The molecular formula is C9H12N2O3. The van der Waals surface area contributed by atoms with Crippen molar-refractivity contribution in [1.82, 2.24) is 0 Å². The first-order chi connectivity index (χ1) is 6.57. The molecule has 0 heterocycles. The number of nitro groups is 1. The van der Waals surface area contributed by atoms with Crippen molar-refractivity contribution >= 4 is 5.69 Å². The van der Waals surface area contributed by atoms with Gasteiger partial charge in [0.1, 0.15) is 0 Å². The Kier molecular flexibility index (Phi) is 3.16. The third kappa shape index (κ3) is 1.89. The molecule has 0 spiro atoms. The molecule has 0 saturated carbocycles. The maximum atomic E-state index is 10.7. The Morgan fingerprint density at radius 2 is 2.29 bits per heavy atom. The van der Waals surface area contributed by atoms with Crippen molar-refractivity contribution < 1.29 is 10.0 Å². The zero-order chi connectivity index (χ0) is 10.7. The molecule has 0 amide bonds. The van der Waals surface area contributed by atoms with E-state index in [1.54, 1.807) is 19.1 Å². The zero-order valence-corrected chi connectivity index (χ0v) is 7.80. The Labute approximate surface area is 81.3 Å². The highest BCUT2D eigenvalue weighted by Crippen LogP contribution is 2.26. The topological polar surface area (TPSA) is 89.4 Å². The van der Waals surface area contributed by atoms with E-state index < -0.39 is 11.0 Å². The molecule has 0 aliphatic rings. The van der Waals surface area contributed by atoms with Crippen molar-refractivity contribution in [2.75, 3.05) is 6.61 Å². The summed E-state index contributed by atoms with van der Waals surface area (Å²) in [5.41, 5.74) is 6.67. The fourth-order valence-electron chi connectivity index (χ4n) is 1.40. The van der Waals surface area contributed by atoms with Crippen LogP contribution in [0.3, 0.4) is 0 Å². The second-order valence-electron chi connectivity index (χ2n) is 3.05. The van der Waals surface area contributed by atoms with Gasteiger partial charge in [-0.05, 0) is 12.5 Å². The van der Waals surface area contributed by atoms with E-state index in [1.165, 1.54) is 6.07 Å². The molecule has 0 radical (unpaired) electrons. The van der Waals surface area contributed by atoms with Gasteiger partial charge in [0.15, 0.2) is 0 Å². The summed E-state index contributed by atoms with van der Waals surface area (Å²) in [6.07, 6.45) is 0. The van der Waals surface area contributed by atoms with Crippen LogP contribution in [-0.4, -0.2) is 16.6 Å². The summed E-state index contributed by atoms with van der Waals surface area (Å²) in [6, 6.07) is 4.02. The minimum Gasteiger partial charge on any atom is -0.394 e. The van der Waals surface area contributed by atoms with Gasteiger partial charge in [-0.2, -0.15) is 0 Å². The van der Waals surface area contributed by atoms with Crippen LogP contribution in [0, 0.1) is 17.0 Å². The van der Waals surface area contributed by atoms with Crippen LogP contribution in [0.4, 0.5) is 5.69 Å². The fourth-order valence-corrected chi connectivity index (χ4v) is 1.40. The maximum absolute atomic E-state index is 10.7. The summed E-state index contributed by atoms with van der Waals surface area (Å²) in [4.78, 5) is 10.2. The number of aliphatic hydroxyl groups is 1. The number of aryl methyl sites for hydroxylation is 1. The van der Waals surface area contributed by atoms with Gasteiger partial charge in [-0.1, -0.05) is 12.1 Å². The molecule has 0 fully saturated rings. The van der Waals surface area contributed by atoms with Crippen molar-refractivity contribution in [2.45, 2.75) is 13.0 Å². The van der Waals surface area contributed by atoms with E-state index in [0.717, 1.165) is 5.56 Å². The van der Waals surface area contributed by atoms with Gasteiger partial charge in [0.25, 0.3) is 5.69 Å². The second-order valence-corrected chi connectivity index (χ2v) is 3.05. The summed E-state index contributed by atoms with van der Waals surface area (Å²) in [7, 11) is 0. The van der Waals surface area contributed by atoms with Crippen LogP contribution >= 0.6 is 0 Å². The number of hydrogen-bond acceptors (Lipinski definition) is 4. The standard InChI is InChI=1S/C9H12N2O3/c1-6-3-2-4-8(11(13)14)9(6)7(10)5-12/h2-4,7,12H,5,10H2,1H3. The lowest BCUT2D eigenvalue weighted by molar-refractivity contribution is -0.385. The Morgan fingerprint density at radius 3 is 2.79 bits per heavy atom. The number of hydrogen-bond donors (Lipinski definition) is 2. The molecule has 1 unspecified atom stereocenters. The van der Waals surface area contributed by atoms with Crippen molar-refractivity contribution in [3.8, 4) is 0 Å². The van der Waals surface area contributed by atoms with Gasteiger partial charge in [-0.25, -0.2) is 0 Å². The quantitative estimate of drug-likeness (QED) is 0.555. The van der Waals surface area contributed by atoms with Crippen LogP contribution < -0.4 is 5.73 Å². The molecule has 3 N–H and O–H groups in total. The van der Waals surface area contributed by atoms with E-state index in [1.807, 2.05) is 0 Å². The van der Waals surface area contributed by atoms with Crippen LogP contribution in [0.1, 0.15) is 17.2 Å². The van der Waals surface area contributed by atoms with Crippen LogP contribution in [0.25, 0.3) is 0 Å². The van der Waals surface area contributed by atoms with Crippen molar-refractivity contribution in [1.29, 1.82) is 0 Å². The molecule has 1 rings (SSSR count). The first-order valence-electron chi connectivity index (χ1n) is 4.18. The van der Waals surface area contributed by atoms with Crippen LogP contribution in [-0.2, 0) is 0 Å². The lowest BCUT2D eigenvalue weighted by atomic mass is 10.0. The molecule has 1 aromatic rings. The average molecular weight is 196 g/mol. The van der Waals surface area contributed by atoms with Gasteiger partial charge in [0.2, 0.25) is 0 Å². The molecular weight excluding hydrogens is 184 g/mol. The minimum absolute atomic E-state index is 0.0356. The summed E-state index contributed by atoms with van der Waals surface area (Å²) >= 11 is 0. The van der Waals surface area contributed by atoms with E-state index in [9.17, 15) is 10.1 Å². The zero-order valence-electron chi connectivity index (χ0n) is 7.80. The van der Waals surface area contributed by atoms with Crippen LogP contribution in [0.15, 0.2) is 18.2 Å². The van der Waals surface area contributed by atoms with Crippen LogP contribution in [0.2, 0.25) is 0 Å². The Hall–Kier alpha value is -1.46. The van der Waals surface area contributed by atoms with E-state index in [2.05, 4.69) is 0 Å². The first kappa shape index (κ1) is 10.6. The minimum atomic E-state index is -0.698. The lowest BCUT2D eigenvalue weighted by Crippen LogP contribution is -2.17. The number of nitrogens with zero attached hydrogens (tertiary/aromatic N) is 1. The predicted octanol–water partition coefficient (Wildman–Crippen LogP) is 0.895. The van der Waals surface area contributed by atoms with Crippen molar-refractivity contribution in [3.05, 3.63) is 39.4 Å². The molecule has 0 bridgehead atoms. The van der Waals surface area contributed by atoms with Gasteiger partial charge in [-0.3, -0.25) is 10.1 Å². The van der Waals surface area contributed by atoms with E-state index in [4.69, 9.17) is 10.8 Å². The predicted molar refractivity (Wildman–Crippen MR) is 51.8 cm³/mol. The van der Waals surface area contributed by atoms with Gasteiger partial charge in [0, 0.05) is 6.07 Å². The Bertz CT molecular complexity index is 352. The van der Waals surface area contributed by atoms with Gasteiger partial charge in [0.05, 0.1) is 23.1 Å². The summed E-state index contributed by atoms with van der Waals surface area (Å²) in [5.74, 6) is 0. The maximum Gasteiger partial charge on any atom is 0.274 e. The normalized spacial score (nSPS) is 12.5. The summed E-state index contributed by atoms with van der Waals surface area (Å²) < 4.78 is 0. The summed E-state index contributed by atoms with van der Waals surface area (Å²) in [5, 5.41) is 19.5. The second kappa shape index (κ2) is 4.17. The van der Waals surface area contributed by atoms with Gasteiger partial charge >= 0.3 is 0 Å². The van der Waals surface area contributed by atoms with Crippen molar-refractivity contribution in [3.63, 3.8) is 0 Å². The molecule has 0 aromatic heterocycles. The van der Waals surface area contributed by atoms with E-state index >= 15 is 0 Å². The number of benzene rings is 1. The highest BCUT2D eigenvalue weighted by atomic mass is 16.6. The number of rotatable bonds is 3. The van der Waals surface area contributed by atoms with E-state index in [-0.39, 0.29) is 12.3 Å². The molecule has 5 nitrogen and oxygen atoms in total. The molecule has 1 aromatic carbocycles. The fraction of sp³-hybridized carbons (Fsp3) is 0.333. The molecule has 14 heavy (non-hydrogen) atoms. The average Bonchev–Trinajstić information content (AvgIpc) is 2.16.